The van der Waals surface area contributed by atoms with Gasteiger partial charge in [-0.25, -0.2) is 13.9 Å². The van der Waals surface area contributed by atoms with Crippen molar-refractivity contribution in [1.29, 1.82) is 0 Å². The minimum atomic E-state index is -6.00. The number of hydrogen-bond acceptors (Lipinski definition) is 2. The molecule has 0 aliphatic heterocycles. The summed E-state index contributed by atoms with van der Waals surface area (Å²) in [4.78, 5) is 11.2. The monoisotopic (exact) mass is 408 g/mol. The summed E-state index contributed by atoms with van der Waals surface area (Å²) >= 11 is 0. The maximum Gasteiger partial charge on any atom is 0.673 e. The zero-order valence-corrected chi connectivity index (χ0v) is 17.0. The number of rotatable bonds is 13. The van der Waals surface area contributed by atoms with Gasteiger partial charge in [0.05, 0.1) is 19.7 Å². The fraction of sp³-hybridized carbons (Fsp3) is 0.684. The molecule has 1 rings (SSSR count). The molecule has 0 aromatic carbocycles. The molecule has 0 amide bonds. The third kappa shape index (κ3) is 17.6. The quantitative estimate of drug-likeness (QED) is 0.110. The van der Waals surface area contributed by atoms with Gasteiger partial charge in [0.15, 0.2) is 0 Å². The molecule has 0 N–H and O–H groups in total. The summed E-state index contributed by atoms with van der Waals surface area (Å²) in [5, 5.41) is 0. The molecule has 0 saturated heterocycles. The summed E-state index contributed by atoms with van der Waals surface area (Å²) in [5.41, 5.74) is 0.473. The zero-order chi connectivity index (χ0) is 21.4. The maximum absolute atomic E-state index is 11.2. The van der Waals surface area contributed by atoms with E-state index in [1.165, 1.54) is 38.5 Å². The Morgan fingerprint density at radius 2 is 1.68 bits per heavy atom. The molecular formula is C19H33BF4N2O2. The minimum absolute atomic E-state index is 0.277. The number of carbonyl (C=O) groups excluding carboxylic acids is 1. The summed E-state index contributed by atoms with van der Waals surface area (Å²) in [6, 6.07) is 0. The van der Waals surface area contributed by atoms with Crippen molar-refractivity contribution in [1.82, 2.24) is 4.57 Å². The van der Waals surface area contributed by atoms with Gasteiger partial charge in [-0.1, -0.05) is 26.3 Å². The van der Waals surface area contributed by atoms with Crippen molar-refractivity contribution >= 4 is 13.2 Å². The number of ether oxygens (including phenoxy) is 1. The van der Waals surface area contributed by atoms with Gasteiger partial charge in [0, 0.05) is 5.57 Å². The van der Waals surface area contributed by atoms with Crippen LogP contribution < -0.4 is 4.57 Å². The Kier molecular flexibility index (Phi) is 14.2. The number of imidazole rings is 1. The normalized spacial score (nSPS) is 10.9. The van der Waals surface area contributed by atoms with E-state index >= 15 is 0 Å². The fourth-order valence-electron chi connectivity index (χ4n) is 2.46. The molecule has 0 bridgehead atoms. The molecule has 9 heteroatoms. The van der Waals surface area contributed by atoms with Crippen molar-refractivity contribution in [3.05, 3.63) is 30.9 Å². The van der Waals surface area contributed by atoms with Gasteiger partial charge < -0.3 is 22.0 Å². The standard InChI is InChI=1S/C19H33N2O2.BF4/c1-4-5-6-9-12-20-14-15-21(17-20)13-10-7-8-11-16-23-19(22)18(2)3;2-1(3,4)5/h14-15,17H,2,4-13,16H2,1,3H3;/q+1;-1. The Morgan fingerprint density at radius 1 is 1.07 bits per heavy atom. The largest absolute Gasteiger partial charge is 0.673 e. The van der Waals surface area contributed by atoms with E-state index in [2.05, 4.69) is 41.4 Å². The molecule has 0 aliphatic rings. The Morgan fingerprint density at radius 3 is 2.29 bits per heavy atom. The summed E-state index contributed by atoms with van der Waals surface area (Å²) in [6.45, 7) is 10.2. The Bertz CT molecular complexity index is 556. The lowest BCUT2D eigenvalue weighted by atomic mass is 10.2. The molecule has 1 aromatic heterocycles. The third-order valence-electron chi connectivity index (χ3n) is 3.91. The number of esters is 1. The Labute approximate surface area is 165 Å². The van der Waals surface area contributed by atoms with Crippen LogP contribution in [0.4, 0.5) is 17.3 Å². The Balaban J connectivity index is 0.00000129. The van der Waals surface area contributed by atoms with Crippen molar-refractivity contribution in [2.24, 2.45) is 0 Å². The molecule has 0 atom stereocenters. The van der Waals surface area contributed by atoms with Crippen LogP contribution in [0.5, 0.6) is 0 Å². The summed E-state index contributed by atoms with van der Waals surface area (Å²) in [6.07, 6.45) is 16.1. The van der Waals surface area contributed by atoms with Crippen molar-refractivity contribution in [3.8, 4) is 0 Å². The Hall–Kier alpha value is -1.80. The first-order valence-corrected chi connectivity index (χ1v) is 9.88. The van der Waals surface area contributed by atoms with Gasteiger partial charge in [-0.2, -0.15) is 0 Å². The van der Waals surface area contributed by atoms with Gasteiger partial charge in [-0.3, -0.25) is 0 Å². The van der Waals surface area contributed by atoms with Gasteiger partial charge in [0.2, 0.25) is 6.33 Å². The lowest BCUT2D eigenvalue weighted by Crippen LogP contribution is -2.30. The van der Waals surface area contributed by atoms with Crippen molar-refractivity contribution in [2.75, 3.05) is 6.61 Å². The topological polar surface area (TPSA) is 35.1 Å². The van der Waals surface area contributed by atoms with Gasteiger partial charge >= 0.3 is 13.2 Å². The lowest BCUT2D eigenvalue weighted by molar-refractivity contribution is -0.696. The van der Waals surface area contributed by atoms with Crippen LogP contribution in [0.25, 0.3) is 0 Å². The summed E-state index contributed by atoms with van der Waals surface area (Å²) in [7, 11) is -6.00. The van der Waals surface area contributed by atoms with Crippen LogP contribution in [-0.4, -0.2) is 24.4 Å². The number of aryl methyl sites for hydroxylation is 2. The van der Waals surface area contributed by atoms with E-state index in [-0.39, 0.29) is 5.97 Å². The van der Waals surface area contributed by atoms with Crippen LogP contribution in [0.15, 0.2) is 30.9 Å². The van der Waals surface area contributed by atoms with E-state index in [9.17, 15) is 22.1 Å². The van der Waals surface area contributed by atoms with Gasteiger partial charge in [0.1, 0.15) is 12.4 Å². The van der Waals surface area contributed by atoms with Crippen LogP contribution in [0, 0.1) is 0 Å². The van der Waals surface area contributed by atoms with Gasteiger partial charge in [-0.05, 0) is 45.4 Å². The molecule has 28 heavy (non-hydrogen) atoms. The molecule has 0 saturated carbocycles. The molecule has 0 aliphatic carbocycles. The zero-order valence-electron chi connectivity index (χ0n) is 17.0. The number of unbranched alkanes of at least 4 members (excludes halogenated alkanes) is 6. The molecule has 1 aromatic rings. The molecule has 0 radical (unpaired) electrons. The van der Waals surface area contributed by atoms with Crippen LogP contribution in [0.1, 0.15) is 65.2 Å². The van der Waals surface area contributed by atoms with Crippen molar-refractivity contribution in [2.45, 2.75) is 78.3 Å². The molecule has 0 unspecified atom stereocenters. The molecule has 4 nitrogen and oxygen atoms in total. The second-order valence-electron chi connectivity index (χ2n) is 6.78. The van der Waals surface area contributed by atoms with Crippen molar-refractivity contribution < 1.29 is 31.4 Å². The first kappa shape index (κ1) is 26.2. The van der Waals surface area contributed by atoms with Crippen LogP contribution >= 0.6 is 0 Å². The van der Waals surface area contributed by atoms with E-state index in [4.69, 9.17) is 4.74 Å². The molecule has 162 valence electrons. The molecular weight excluding hydrogens is 375 g/mol. The number of carbonyl (C=O) groups is 1. The number of nitrogens with zero attached hydrogens (tertiary/aromatic N) is 2. The second-order valence-corrected chi connectivity index (χ2v) is 6.78. The molecule has 1 heterocycles. The van der Waals surface area contributed by atoms with Crippen LogP contribution in [-0.2, 0) is 22.6 Å². The highest BCUT2D eigenvalue weighted by Crippen LogP contribution is 2.06. The number of aromatic nitrogens is 2. The van der Waals surface area contributed by atoms with Gasteiger partial charge in [-0.15, -0.1) is 0 Å². The highest BCUT2D eigenvalue weighted by Gasteiger charge is 2.20. The lowest BCUT2D eigenvalue weighted by Gasteiger charge is -2.03. The maximum atomic E-state index is 11.2. The van der Waals surface area contributed by atoms with E-state index < -0.39 is 7.25 Å². The summed E-state index contributed by atoms with van der Waals surface area (Å²) in [5.74, 6) is -0.277. The number of hydrogen-bond donors (Lipinski definition) is 0. The summed E-state index contributed by atoms with van der Waals surface area (Å²) < 4.78 is 48.6. The third-order valence-corrected chi connectivity index (χ3v) is 3.91. The first-order valence-electron chi connectivity index (χ1n) is 9.88. The second kappa shape index (κ2) is 15.2. The van der Waals surface area contributed by atoms with Crippen molar-refractivity contribution in [3.63, 3.8) is 0 Å². The van der Waals surface area contributed by atoms with Crippen LogP contribution in [0.2, 0.25) is 0 Å². The van der Waals surface area contributed by atoms with E-state index in [0.717, 1.165) is 25.9 Å². The predicted octanol–water partition coefficient (Wildman–Crippen LogP) is 5.34. The smallest absolute Gasteiger partial charge is 0.462 e. The van der Waals surface area contributed by atoms with Gasteiger partial charge in [0.25, 0.3) is 0 Å². The van der Waals surface area contributed by atoms with E-state index in [1.54, 1.807) is 6.92 Å². The minimum Gasteiger partial charge on any atom is -0.462 e. The SMILES string of the molecule is C=C(C)C(=O)OCCCCCC[n+]1ccn(CCCCCC)c1.F[B-](F)(F)F. The fourth-order valence-corrected chi connectivity index (χ4v) is 2.46. The molecule has 0 fully saturated rings. The molecule has 0 spiro atoms. The average molecular weight is 408 g/mol. The predicted molar refractivity (Wildman–Crippen MR) is 103 cm³/mol. The highest BCUT2D eigenvalue weighted by atomic mass is 19.5. The van der Waals surface area contributed by atoms with E-state index in [0.29, 0.717) is 12.2 Å². The average Bonchev–Trinajstić information content (AvgIpc) is 3.04. The van der Waals surface area contributed by atoms with Crippen LogP contribution in [0.3, 0.4) is 0 Å². The first-order chi connectivity index (χ1) is 13.1. The van der Waals surface area contributed by atoms with E-state index in [1.807, 2.05) is 0 Å². The highest BCUT2D eigenvalue weighted by molar-refractivity contribution is 6.50. The number of halogens is 4.